The summed E-state index contributed by atoms with van der Waals surface area (Å²) in [5, 5.41) is 8.90. The molecular weight excluding hydrogens is 435 g/mol. The Kier molecular flexibility index (Phi) is 6.58. The molecule has 4 rings (SSSR count). The summed E-state index contributed by atoms with van der Waals surface area (Å²) >= 11 is 2.69. The molecule has 0 radical (unpaired) electrons. The van der Waals surface area contributed by atoms with Crippen molar-refractivity contribution in [2.24, 2.45) is 7.05 Å². The zero-order valence-electron chi connectivity index (χ0n) is 16.4. The fraction of sp³-hybridized carbons (Fsp3) is 0.0952. The van der Waals surface area contributed by atoms with Gasteiger partial charge in [0.25, 0.3) is 0 Å². The van der Waals surface area contributed by atoms with Crippen molar-refractivity contribution in [2.75, 3.05) is 5.32 Å². The molecule has 0 fully saturated rings. The molecule has 4 aromatic rings. The average molecular weight is 453 g/mol. The molecule has 0 saturated heterocycles. The molecule has 0 atom stereocenters. The predicted octanol–water partition coefficient (Wildman–Crippen LogP) is 4.23. The molecule has 1 aromatic carbocycles. The molecule has 0 saturated carbocycles. The molecule has 0 bridgehead atoms. The molecule has 7 nitrogen and oxygen atoms in total. The third-order valence-electron chi connectivity index (χ3n) is 3.97. The maximum atomic E-state index is 13.2. The van der Waals surface area contributed by atoms with Crippen LogP contribution in [0, 0.1) is 5.82 Å². The Morgan fingerprint density at radius 2 is 1.90 bits per heavy atom. The van der Waals surface area contributed by atoms with Crippen LogP contribution in [0.2, 0.25) is 0 Å². The van der Waals surface area contributed by atoms with Crippen LogP contribution in [0.25, 0.3) is 0 Å². The van der Waals surface area contributed by atoms with Crippen LogP contribution in [-0.2, 0) is 18.3 Å². The fourth-order valence-electron chi connectivity index (χ4n) is 2.60. The molecule has 0 unspecified atom stereocenters. The van der Waals surface area contributed by atoms with Gasteiger partial charge in [0.2, 0.25) is 5.91 Å². The second-order valence-electron chi connectivity index (χ2n) is 6.39. The normalized spacial score (nSPS) is 10.8. The number of hydrogen-bond acceptors (Lipinski definition) is 7. The van der Waals surface area contributed by atoms with E-state index in [1.165, 1.54) is 35.7 Å². The lowest BCUT2D eigenvalue weighted by Gasteiger charge is -2.10. The molecule has 0 aliphatic rings. The van der Waals surface area contributed by atoms with Gasteiger partial charge in [-0.15, -0.1) is 0 Å². The van der Waals surface area contributed by atoms with Gasteiger partial charge < -0.3 is 5.32 Å². The maximum Gasteiger partial charge on any atom is 0.231 e. The number of nitrogens with one attached hydrogen (secondary N) is 1. The van der Waals surface area contributed by atoms with Crippen molar-refractivity contribution < 1.29 is 9.18 Å². The first-order valence-corrected chi connectivity index (χ1v) is 10.9. The third kappa shape index (κ3) is 5.89. The van der Waals surface area contributed by atoms with Crippen molar-refractivity contribution in [2.45, 2.75) is 26.4 Å². The first-order chi connectivity index (χ1) is 15.0. The number of rotatable bonds is 7. The lowest BCUT2D eigenvalue weighted by atomic mass is 10.3. The fourth-order valence-corrected chi connectivity index (χ4v) is 4.17. The molecule has 0 aliphatic heterocycles. The highest BCUT2D eigenvalue weighted by Gasteiger charge is 2.15. The van der Waals surface area contributed by atoms with E-state index in [1.54, 1.807) is 48.5 Å². The number of aryl methyl sites for hydroxylation is 1. The van der Waals surface area contributed by atoms with Crippen molar-refractivity contribution >= 4 is 35.2 Å². The SMILES string of the molecule is Cn1ccc(NC(=O)Cc2nc(Sc3ccccn3)cnc2Sc2ccc(F)cc2)n1. The number of carbonyl (C=O) groups excluding carboxylic acids is 1. The number of amides is 1. The molecule has 0 aliphatic carbocycles. The lowest BCUT2D eigenvalue weighted by Crippen LogP contribution is -2.17. The van der Waals surface area contributed by atoms with Crippen LogP contribution in [0.1, 0.15) is 5.69 Å². The molecule has 10 heteroatoms. The van der Waals surface area contributed by atoms with Crippen molar-refractivity contribution in [3.8, 4) is 0 Å². The van der Waals surface area contributed by atoms with Gasteiger partial charge in [0.1, 0.15) is 20.9 Å². The van der Waals surface area contributed by atoms with E-state index in [0.29, 0.717) is 21.6 Å². The molecule has 1 amide bonds. The minimum atomic E-state index is -0.312. The Labute approximate surface area is 186 Å². The van der Waals surface area contributed by atoms with Crippen molar-refractivity contribution in [1.29, 1.82) is 0 Å². The highest BCUT2D eigenvalue weighted by molar-refractivity contribution is 7.99. The van der Waals surface area contributed by atoms with Crippen LogP contribution < -0.4 is 5.32 Å². The van der Waals surface area contributed by atoms with E-state index in [4.69, 9.17) is 0 Å². The van der Waals surface area contributed by atoms with Crippen LogP contribution >= 0.6 is 23.5 Å². The average Bonchev–Trinajstić information content (AvgIpc) is 3.16. The summed E-state index contributed by atoms with van der Waals surface area (Å²) in [4.78, 5) is 26.9. The summed E-state index contributed by atoms with van der Waals surface area (Å²) in [6.07, 6.45) is 5.11. The highest BCUT2D eigenvalue weighted by Crippen LogP contribution is 2.31. The van der Waals surface area contributed by atoms with Gasteiger partial charge in [-0.05, 0) is 48.2 Å². The molecule has 3 aromatic heterocycles. The van der Waals surface area contributed by atoms with Crippen LogP contribution in [0.15, 0.2) is 87.1 Å². The Hall–Kier alpha value is -3.24. The van der Waals surface area contributed by atoms with Gasteiger partial charge in [0.05, 0.1) is 18.3 Å². The zero-order chi connectivity index (χ0) is 21.6. The Morgan fingerprint density at radius 3 is 2.61 bits per heavy atom. The molecule has 3 heterocycles. The summed E-state index contributed by atoms with van der Waals surface area (Å²) in [5.41, 5.74) is 0.517. The first-order valence-electron chi connectivity index (χ1n) is 9.23. The Morgan fingerprint density at radius 1 is 1.06 bits per heavy atom. The number of carbonyl (C=O) groups is 1. The number of anilines is 1. The van der Waals surface area contributed by atoms with Crippen LogP contribution in [-0.4, -0.2) is 30.6 Å². The minimum absolute atomic E-state index is 0.0176. The van der Waals surface area contributed by atoms with Crippen LogP contribution in [0.5, 0.6) is 0 Å². The molecular formula is C21H17FN6OS2. The topological polar surface area (TPSA) is 85.6 Å². The van der Waals surface area contributed by atoms with Gasteiger partial charge in [0.15, 0.2) is 5.82 Å². The second-order valence-corrected chi connectivity index (χ2v) is 8.49. The molecule has 1 N–H and O–H groups in total. The Bertz CT molecular complexity index is 1180. The monoisotopic (exact) mass is 452 g/mol. The van der Waals surface area contributed by atoms with E-state index in [9.17, 15) is 9.18 Å². The van der Waals surface area contributed by atoms with Crippen molar-refractivity contribution in [3.63, 3.8) is 0 Å². The van der Waals surface area contributed by atoms with E-state index in [0.717, 1.165) is 9.92 Å². The first kappa shape index (κ1) is 21.0. The van der Waals surface area contributed by atoms with E-state index >= 15 is 0 Å². The number of hydrogen-bond donors (Lipinski definition) is 1. The van der Waals surface area contributed by atoms with Gasteiger partial charge in [-0.3, -0.25) is 9.48 Å². The number of nitrogens with zero attached hydrogens (tertiary/aromatic N) is 5. The summed E-state index contributed by atoms with van der Waals surface area (Å²) in [6, 6.07) is 13.4. The molecule has 156 valence electrons. The van der Waals surface area contributed by atoms with E-state index in [1.807, 2.05) is 18.2 Å². The van der Waals surface area contributed by atoms with E-state index in [-0.39, 0.29) is 18.1 Å². The van der Waals surface area contributed by atoms with Crippen LogP contribution in [0.4, 0.5) is 10.2 Å². The quantitative estimate of drug-likeness (QED) is 0.449. The van der Waals surface area contributed by atoms with Crippen molar-refractivity contribution in [1.82, 2.24) is 24.7 Å². The lowest BCUT2D eigenvalue weighted by molar-refractivity contribution is -0.115. The smallest absolute Gasteiger partial charge is 0.231 e. The maximum absolute atomic E-state index is 13.2. The molecule has 0 spiro atoms. The number of pyridine rings is 1. The van der Waals surface area contributed by atoms with Gasteiger partial charge >= 0.3 is 0 Å². The van der Waals surface area contributed by atoms with Gasteiger partial charge in [-0.2, -0.15) is 5.10 Å². The third-order valence-corrected chi connectivity index (χ3v) is 5.87. The zero-order valence-corrected chi connectivity index (χ0v) is 18.0. The van der Waals surface area contributed by atoms with E-state index < -0.39 is 0 Å². The summed E-state index contributed by atoms with van der Waals surface area (Å²) in [7, 11) is 1.77. The predicted molar refractivity (Wildman–Crippen MR) is 116 cm³/mol. The van der Waals surface area contributed by atoms with Gasteiger partial charge in [0, 0.05) is 30.4 Å². The number of aromatic nitrogens is 5. The minimum Gasteiger partial charge on any atom is -0.309 e. The number of halogens is 1. The van der Waals surface area contributed by atoms with E-state index in [2.05, 4.69) is 25.4 Å². The second kappa shape index (κ2) is 9.71. The Balaban J connectivity index is 1.58. The molecule has 31 heavy (non-hydrogen) atoms. The summed E-state index contributed by atoms with van der Waals surface area (Å²) in [5.74, 6) is -0.103. The largest absolute Gasteiger partial charge is 0.309 e. The van der Waals surface area contributed by atoms with Crippen molar-refractivity contribution in [3.05, 3.63) is 78.6 Å². The summed E-state index contributed by atoms with van der Waals surface area (Å²) < 4.78 is 14.8. The summed E-state index contributed by atoms with van der Waals surface area (Å²) in [6.45, 7) is 0. The van der Waals surface area contributed by atoms with Crippen LogP contribution in [0.3, 0.4) is 0 Å². The highest BCUT2D eigenvalue weighted by atomic mass is 32.2. The van der Waals surface area contributed by atoms with Gasteiger partial charge in [-0.1, -0.05) is 17.8 Å². The number of benzene rings is 1. The van der Waals surface area contributed by atoms with Gasteiger partial charge in [-0.25, -0.2) is 19.3 Å². The standard InChI is InChI=1S/C21H17FN6OS2/c1-28-11-9-17(27-28)26-18(29)12-16-21(30-15-7-5-14(22)6-8-15)24-13-20(25-16)31-19-4-2-3-10-23-19/h2-11,13H,12H2,1H3,(H,26,27,29).